The van der Waals surface area contributed by atoms with Crippen molar-refractivity contribution in [1.82, 2.24) is 5.09 Å². The van der Waals surface area contributed by atoms with Crippen molar-refractivity contribution in [2.24, 2.45) is 5.73 Å². The van der Waals surface area contributed by atoms with Gasteiger partial charge in [-0.3, -0.25) is 5.09 Å². The van der Waals surface area contributed by atoms with Gasteiger partial charge in [0.15, 0.2) is 19.7 Å². The first kappa shape index (κ1) is 72.0. The summed E-state index contributed by atoms with van der Waals surface area (Å²) in [6.45, 7) is 20.2. The molecule has 0 aliphatic rings. The predicted molar refractivity (Wildman–Crippen MR) is 291 cm³/mol. The van der Waals surface area contributed by atoms with Gasteiger partial charge < -0.3 is 5.73 Å². The van der Waals surface area contributed by atoms with Gasteiger partial charge in [0, 0.05) is 28.6 Å². The number of rotatable bonds is 15. The summed E-state index contributed by atoms with van der Waals surface area (Å²) in [5, 5.41) is 3.02. The van der Waals surface area contributed by atoms with Crippen LogP contribution in [-0.4, -0.2) is 52.5 Å². The van der Waals surface area contributed by atoms with Gasteiger partial charge in [-0.25, -0.2) is 34.4 Å². The van der Waals surface area contributed by atoms with Crippen LogP contribution in [0.5, 0.6) is 0 Å². The molecule has 66 heavy (non-hydrogen) atoms. The fourth-order valence-electron chi connectivity index (χ4n) is 3.85. The molecule has 4 aromatic carbocycles. The molecule has 0 bridgehead atoms. The van der Waals surface area contributed by atoms with Gasteiger partial charge in [-0.2, -0.15) is 0 Å². The fourth-order valence-corrected chi connectivity index (χ4v) is 7.58. The van der Waals surface area contributed by atoms with Crippen LogP contribution in [0.2, 0.25) is 0 Å². The molecule has 0 amide bonds. The molecular weight excluding hydrogens is 1010 g/mol. The van der Waals surface area contributed by atoms with Gasteiger partial charge in [-0.05, 0) is 73.5 Å². The van der Waals surface area contributed by atoms with E-state index in [9.17, 15) is 34.4 Å². The second-order valence-corrected chi connectivity index (χ2v) is 17.8. The summed E-state index contributed by atoms with van der Waals surface area (Å²) in [7, 11) is -4.82. The normalized spacial score (nSPS) is 10.9. The summed E-state index contributed by atoms with van der Waals surface area (Å²) in [6, 6.07) is 35.3. The Kier molecular flexibility index (Phi) is 56.0. The number of halogens is 5. The zero-order chi connectivity index (χ0) is 51.7. The van der Waals surface area contributed by atoms with E-state index < -0.39 is 42.8 Å². The molecule has 16 heteroatoms. The number of benzene rings is 4. The molecular formula is C50H76BrF4N2O4PS4. The number of hydrogen-bond donors (Lipinski definition) is 3. The Morgan fingerprint density at radius 1 is 0.591 bits per heavy atom. The van der Waals surface area contributed by atoms with E-state index in [1.165, 1.54) is 48.2 Å². The van der Waals surface area contributed by atoms with Gasteiger partial charge in [0.05, 0.1) is 15.1 Å². The number of thioether (sulfide) groups is 1. The van der Waals surface area contributed by atoms with Crippen molar-refractivity contribution in [3.8, 4) is 0 Å². The first-order chi connectivity index (χ1) is 31.6. The molecule has 4 aromatic rings. The summed E-state index contributed by atoms with van der Waals surface area (Å²) >= 11 is 8.58. The van der Waals surface area contributed by atoms with Crippen LogP contribution in [-0.2, 0) is 19.7 Å². The molecule has 1 unspecified atom stereocenters. The Balaban J connectivity index is -0.000000231. The SMILES string of the molecule is CC.CC.CC.CC.CC/C=C(\F)CS(=O)(=O)c1ccccc1.CC/C=C(\F)CSc1ccccc1.F/C(=C\CNP)CBr.NC/C=C(\F)CS(=O)(=O)c1ccccc1.Sc1ccccc1. The molecule has 3 N–H and O–H groups in total. The molecule has 0 heterocycles. The maximum atomic E-state index is 13.1. The van der Waals surface area contributed by atoms with E-state index in [1.807, 2.05) is 123 Å². The molecule has 0 radical (unpaired) electrons. The molecule has 0 saturated carbocycles. The second kappa shape index (κ2) is 51.4. The van der Waals surface area contributed by atoms with E-state index in [4.69, 9.17) is 5.73 Å². The predicted octanol–water partition coefficient (Wildman–Crippen LogP) is 15.7. The average molecular weight is 1080 g/mol. The molecule has 0 spiro atoms. The number of allylic oxidation sites excluding steroid dienone is 3. The minimum absolute atomic E-state index is 0.00383. The van der Waals surface area contributed by atoms with Crippen molar-refractivity contribution in [3.63, 3.8) is 0 Å². The van der Waals surface area contributed by atoms with E-state index in [0.29, 0.717) is 24.0 Å². The zero-order valence-electron chi connectivity index (χ0n) is 40.4. The largest absolute Gasteiger partial charge is 0.327 e. The number of nitrogens with two attached hydrogens (primary N) is 1. The molecule has 0 fully saturated rings. The quantitative estimate of drug-likeness (QED) is 0.0358. The van der Waals surface area contributed by atoms with Gasteiger partial charge in [0.2, 0.25) is 0 Å². The third kappa shape index (κ3) is 43.6. The van der Waals surface area contributed by atoms with Gasteiger partial charge in [-0.1, -0.05) is 180 Å². The zero-order valence-corrected chi connectivity index (χ0v) is 46.4. The molecule has 0 saturated heterocycles. The summed E-state index contributed by atoms with van der Waals surface area (Å²) in [6.07, 6.45) is 6.69. The number of alkyl halides is 1. The van der Waals surface area contributed by atoms with Crippen LogP contribution in [0.25, 0.3) is 0 Å². The van der Waals surface area contributed by atoms with Gasteiger partial charge in [-0.15, -0.1) is 24.4 Å². The lowest BCUT2D eigenvalue weighted by Crippen LogP contribution is -2.08. The summed E-state index contributed by atoms with van der Waals surface area (Å²) in [5.41, 5.74) is 5.08. The lowest BCUT2D eigenvalue weighted by atomic mass is 10.4. The van der Waals surface area contributed by atoms with Gasteiger partial charge >= 0.3 is 0 Å². The Morgan fingerprint density at radius 3 is 1.26 bits per heavy atom. The van der Waals surface area contributed by atoms with E-state index >= 15 is 0 Å². The third-order valence-corrected chi connectivity index (χ3v) is 11.9. The maximum absolute atomic E-state index is 13.1. The van der Waals surface area contributed by atoms with E-state index in [1.54, 1.807) is 49.4 Å². The molecule has 0 aromatic heterocycles. The third-order valence-electron chi connectivity index (χ3n) is 6.50. The second-order valence-electron chi connectivity index (χ2n) is 11.3. The fraction of sp³-hybridized carbons (Fsp3) is 0.360. The minimum atomic E-state index is -3.58. The Bertz CT molecular complexity index is 1930. The van der Waals surface area contributed by atoms with Crippen LogP contribution >= 0.6 is 49.7 Å². The first-order valence-corrected chi connectivity index (χ1v) is 28.1. The highest BCUT2D eigenvalue weighted by Gasteiger charge is 2.17. The van der Waals surface area contributed by atoms with Gasteiger partial charge in [0.25, 0.3) is 0 Å². The van der Waals surface area contributed by atoms with Crippen LogP contribution < -0.4 is 10.8 Å². The molecule has 374 valence electrons. The van der Waals surface area contributed by atoms with Gasteiger partial charge in [0.1, 0.15) is 34.8 Å². The molecule has 4 rings (SSSR count). The van der Waals surface area contributed by atoms with Crippen LogP contribution in [0.4, 0.5) is 17.6 Å². The Morgan fingerprint density at radius 2 is 0.939 bits per heavy atom. The standard InChI is InChI=1S/C11H13FO2S.C11H13FS.C10H12FNO2S.C6H6S.C4H8BrFNP.4C2H6/c1-2-6-10(12)9-15(13,14)11-7-4-3-5-8-11;1-2-6-10(12)9-13-11-7-4-3-5-8-11;11-9(6-7-12)8-15(13,14)10-4-2-1-3-5-10;7-6-4-2-1-3-5-6;5-3-4(6)1-2-7-8;4*1-2/h3-8H,2,9H2,1H3;3-8H,2,9H2,1H3;1-6H,7-8,12H2;1-5,7H;1,7H,2-3,8H2;4*1-2H3/b2*10-6-;9-6-;;4-1-;;;;. The highest BCUT2D eigenvalue weighted by molar-refractivity contribution is 9.09. The van der Waals surface area contributed by atoms with E-state index in [2.05, 4.69) is 43.0 Å². The molecule has 1 atom stereocenters. The molecule has 6 nitrogen and oxygen atoms in total. The number of hydrogen-bond acceptors (Lipinski definition) is 8. The lowest BCUT2D eigenvalue weighted by molar-refractivity contribution is 0.580. The lowest BCUT2D eigenvalue weighted by Gasteiger charge is -2.01. The first-order valence-electron chi connectivity index (χ1n) is 21.7. The van der Waals surface area contributed by atoms with E-state index in [-0.39, 0.29) is 28.0 Å². The van der Waals surface area contributed by atoms with Crippen LogP contribution in [0, 0.1) is 0 Å². The van der Waals surface area contributed by atoms with Crippen molar-refractivity contribution in [2.75, 3.05) is 35.7 Å². The van der Waals surface area contributed by atoms with Crippen molar-refractivity contribution >= 4 is 69.4 Å². The molecule has 0 aliphatic carbocycles. The topological polar surface area (TPSA) is 106 Å². The highest BCUT2D eigenvalue weighted by Crippen LogP contribution is 2.20. The summed E-state index contributed by atoms with van der Waals surface area (Å²) < 4.78 is 97.5. The van der Waals surface area contributed by atoms with Crippen molar-refractivity contribution in [3.05, 3.63) is 169 Å². The average Bonchev–Trinajstić information content (AvgIpc) is 3.34. The Hall–Kier alpha value is -3.01. The Labute approximate surface area is 418 Å². The summed E-state index contributed by atoms with van der Waals surface area (Å²) in [4.78, 5) is 2.40. The monoisotopic (exact) mass is 1080 g/mol. The maximum Gasteiger partial charge on any atom is 0.184 e. The summed E-state index contributed by atoms with van der Waals surface area (Å²) in [5.74, 6) is -2.23. The van der Waals surface area contributed by atoms with E-state index in [0.717, 1.165) is 22.3 Å². The van der Waals surface area contributed by atoms with Crippen molar-refractivity contribution < 1.29 is 34.4 Å². The highest BCUT2D eigenvalue weighted by atomic mass is 79.9. The number of thiol groups is 1. The minimum Gasteiger partial charge on any atom is -0.327 e. The molecule has 0 aliphatic heterocycles. The number of sulfone groups is 2. The van der Waals surface area contributed by atoms with Crippen molar-refractivity contribution in [2.45, 2.75) is 102 Å². The van der Waals surface area contributed by atoms with Crippen LogP contribution in [0.3, 0.4) is 0 Å². The van der Waals surface area contributed by atoms with Crippen LogP contribution in [0.15, 0.2) is 189 Å². The van der Waals surface area contributed by atoms with Crippen molar-refractivity contribution in [1.29, 1.82) is 0 Å². The smallest absolute Gasteiger partial charge is 0.184 e. The van der Waals surface area contributed by atoms with Crippen LogP contribution in [0.1, 0.15) is 82.1 Å². The number of nitrogens with one attached hydrogen (secondary N) is 1.